The molecule has 0 aliphatic carbocycles. The molecule has 0 spiro atoms. The molecule has 3 unspecified atom stereocenters. The maximum atomic E-state index is 12.8. The van der Waals surface area contributed by atoms with E-state index < -0.39 is 29.8 Å². The van der Waals surface area contributed by atoms with Gasteiger partial charge in [0.05, 0.1) is 7.11 Å². The summed E-state index contributed by atoms with van der Waals surface area (Å²) in [4.78, 5) is 37.8. The summed E-state index contributed by atoms with van der Waals surface area (Å²) in [5.74, 6) is -2.40. The number of esters is 1. The first kappa shape index (κ1) is 18.4. The van der Waals surface area contributed by atoms with Gasteiger partial charge < -0.3 is 9.64 Å². The number of rotatable bonds is 7. The van der Waals surface area contributed by atoms with Gasteiger partial charge in [-0.15, -0.1) is 0 Å². The molecular formula is C15H26N2O5. The third kappa shape index (κ3) is 4.19. The van der Waals surface area contributed by atoms with Gasteiger partial charge in [-0.1, -0.05) is 26.7 Å². The third-order valence-electron chi connectivity index (χ3n) is 4.32. The molecule has 3 atom stereocenters. The zero-order valence-corrected chi connectivity index (χ0v) is 13.5. The highest BCUT2D eigenvalue weighted by atomic mass is 16.5. The highest BCUT2D eigenvalue weighted by molar-refractivity contribution is 5.90. The number of carbonyl (C=O) groups is 3. The Labute approximate surface area is 130 Å². The van der Waals surface area contributed by atoms with E-state index >= 15 is 0 Å². The van der Waals surface area contributed by atoms with Crippen molar-refractivity contribution in [2.75, 3.05) is 13.7 Å². The van der Waals surface area contributed by atoms with Crippen molar-refractivity contribution in [3.8, 4) is 0 Å². The molecule has 1 fully saturated rings. The minimum atomic E-state index is -0.650. The van der Waals surface area contributed by atoms with Gasteiger partial charge >= 0.3 is 5.97 Å². The van der Waals surface area contributed by atoms with Crippen LogP contribution in [0.5, 0.6) is 0 Å². The topological polar surface area (TPSA) is 95.9 Å². The summed E-state index contributed by atoms with van der Waals surface area (Å²) in [6, 6.07) is -0.564. The van der Waals surface area contributed by atoms with Crippen LogP contribution in [0.1, 0.15) is 46.0 Å². The third-order valence-corrected chi connectivity index (χ3v) is 4.32. The Bertz CT molecular complexity index is 413. The number of methoxy groups -OCH3 is 1. The summed E-state index contributed by atoms with van der Waals surface area (Å²) >= 11 is 0. The lowest BCUT2D eigenvalue weighted by Crippen LogP contribution is -2.47. The molecule has 7 nitrogen and oxygen atoms in total. The molecule has 0 radical (unpaired) electrons. The van der Waals surface area contributed by atoms with E-state index in [1.54, 1.807) is 12.4 Å². The molecule has 0 saturated carbocycles. The van der Waals surface area contributed by atoms with Gasteiger partial charge in [-0.25, -0.2) is 10.3 Å². The number of nitrogens with one attached hydrogen (secondary N) is 1. The molecule has 22 heavy (non-hydrogen) atoms. The Morgan fingerprint density at radius 3 is 2.64 bits per heavy atom. The molecule has 1 aliphatic rings. The molecule has 1 heterocycles. The van der Waals surface area contributed by atoms with Crippen molar-refractivity contribution in [1.82, 2.24) is 10.4 Å². The maximum Gasteiger partial charge on any atom is 0.328 e. The number of unbranched alkanes of at least 4 members (excludes halogenated alkanes) is 1. The summed E-state index contributed by atoms with van der Waals surface area (Å²) in [6.07, 6.45) is 3.58. The summed E-state index contributed by atoms with van der Waals surface area (Å²) < 4.78 is 4.75. The number of likely N-dealkylation sites (tertiary alicyclic amines) is 1. The maximum absolute atomic E-state index is 12.8. The first-order valence-corrected chi connectivity index (χ1v) is 7.80. The summed E-state index contributed by atoms with van der Waals surface area (Å²) in [5, 5.41) is 8.81. The summed E-state index contributed by atoms with van der Waals surface area (Å²) in [6.45, 7) is 4.12. The number of carbonyl (C=O) groups excluding carboxylic acids is 3. The zero-order chi connectivity index (χ0) is 16.7. The number of nitrogens with zero attached hydrogens (tertiary/aromatic N) is 1. The lowest BCUT2D eigenvalue weighted by molar-refractivity contribution is -0.154. The smallest absolute Gasteiger partial charge is 0.328 e. The van der Waals surface area contributed by atoms with Gasteiger partial charge in [0.1, 0.15) is 6.04 Å². The largest absolute Gasteiger partial charge is 0.467 e. The number of hydroxylamine groups is 1. The van der Waals surface area contributed by atoms with E-state index in [4.69, 9.17) is 9.94 Å². The van der Waals surface area contributed by atoms with E-state index in [0.717, 1.165) is 19.3 Å². The Balaban J connectivity index is 2.90. The fraction of sp³-hybridized carbons (Fsp3) is 0.800. The fourth-order valence-corrected chi connectivity index (χ4v) is 2.92. The van der Waals surface area contributed by atoms with Gasteiger partial charge in [0.2, 0.25) is 11.8 Å². The van der Waals surface area contributed by atoms with Crippen molar-refractivity contribution in [3.05, 3.63) is 0 Å². The fourth-order valence-electron chi connectivity index (χ4n) is 2.92. The minimum absolute atomic E-state index is 0.211. The SMILES string of the molecule is CCCCC(C(=O)N1CCCC1C(=O)OC)C(C)C(=O)NO. The molecule has 0 aromatic carbocycles. The second-order valence-corrected chi connectivity index (χ2v) is 5.73. The van der Waals surface area contributed by atoms with Gasteiger partial charge in [-0.2, -0.15) is 0 Å². The van der Waals surface area contributed by atoms with Crippen LogP contribution in [-0.4, -0.2) is 47.6 Å². The average molecular weight is 314 g/mol. The second-order valence-electron chi connectivity index (χ2n) is 5.73. The lowest BCUT2D eigenvalue weighted by Gasteiger charge is -2.29. The van der Waals surface area contributed by atoms with Crippen LogP contribution in [0.3, 0.4) is 0 Å². The molecular weight excluding hydrogens is 288 g/mol. The van der Waals surface area contributed by atoms with E-state index in [-0.39, 0.29) is 5.91 Å². The monoisotopic (exact) mass is 314 g/mol. The van der Waals surface area contributed by atoms with E-state index in [0.29, 0.717) is 19.4 Å². The highest BCUT2D eigenvalue weighted by Gasteiger charge is 2.40. The van der Waals surface area contributed by atoms with Crippen molar-refractivity contribution in [2.45, 2.75) is 52.0 Å². The van der Waals surface area contributed by atoms with Crippen LogP contribution >= 0.6 is 0 Å². The van der Waals surface area contributed by atoms with Crippen molar-refractivity contribution < 1.29 is 24.3 Å². The van der Waals surface area contributed by atoms with Gasteiger partial charge in [0.25, 0.3) is 0 Å². The Kier molecular flexibility index (Phi) is 7.31. The highest BCUT2D eigenvalue weighted by Crippen LogP contribution is 2.27. The minimum Gasteiger partial charge on any atom is -0.467 e. The molecule has 7 heteroatoms. The molecule has 0 aromatic rings. The first-order chi connectivity index (χ1) is 10.5. The normalized spacial score (nSPS) is 20.4. The molecule has 2 N–H and O–H groups in total. The molecule has 0 bridgehead atoms. The van der Waals surface area contributed by atoms with Crippen LogP contribution in [-0.2, 0) is 19.1 Å². The van der Waals surface area contributed by atoms with Crippen LogP contribution < -0.4 is 5.48 Å². The Hall–Kier alpha value is -1.63. The second kappa shape index (κ2) is 8.73. The lowest BCUT2D eigenvalue weighted by atomic mass is 9.87. The van der Waals surface area contributed by atoms with Crippen LogP contribution in [0, 0.1) is 11.8 Å². The van der Waals surface area contributed by atoms with Crippen LogP contribution in [0.25, 0.3) is 0 Å². The van der Waals surface area contributed by atoms with Gasteiger partial charge in [-0.3, -0.25) is 14.8 Å². The Morgan fingerprint density at radius 2 is 2.09 bits per heavy atom. The number of hydrogen-bond donors (Lipinski definition) is 2. The van der Waals surface area contributed by atoms with Gasteiger partial charge in [0, 0.05) is 18.4 Å². The van der Waals surface area contributed by atoms with Crippen LogP contribution in [0.15, 0.2) is 0 Å². The predicted octanol–water partition coefficient (Wildman–Crippen LogP) is 1.10. The van der Waals surface area contributed by atoms with E-state index in [1.807, 2.05) is 6.92 Å². The van der Waals surface area contributed by atoms with E-state index in [1.165, 1.54) is 12.0 Å². The van der Waals surface area contributed by atoms with Gasteiger partial charge in [0.15, 0.2) is 0 Å². The van der Waals surface area contributed by atoms with Crippen molar-refractivity contribution in [3.63, 3.8) is 0 Å². The summed E-state index contributed by atoms with van der Waals surface area (Å²) in [7, 11) is 1.31. The van der Waals surface area contributed by atoms with Crippen molar-refractivity contribution in [2.24, 2.45) is 11.8 Å². The first-order valence-electron chi connectivity index (χ1n) is 7.80. The van der Waals surface area contributed by atoms with Crippen molar-refractivity contribution in [1.29, 1.82) is 0 Å². The molecule has 2 amide bonds. The van der Waals surface area contributed by atoms with Crippen molar-refractivity contribution >= 4 is 17.8 Å². The predicted molar refractivity (Wildman–Crippen MR) is 78.9 cm³/mol. The van der Waals surface area contributed by atoms with E-state index in [2.05, 4.69) is 0 Å². The molecule has 1 rings (SSSR count). The van der Waals surface area contributed by atoms with E-state index in [9.17, 15) is 14.4 Å². The quantitative estimate of drug-likeness (QED) is 0.417. The average Bonchev–Trinajstić information content (AvgIpc) is 3.02. The number of amides is 2. The number of ether oxygens (including phenoxy) is 1. The molecule has 0 aromatic heterocycles. The van der Waals surface area contributed by atoms with Crippen LogP contribution in [0.2, 0.25) is 0 Å². The number of hydrogen-bond acceptors (Lipinski definition) is 5. The van der Waals surface area contributed by atoms with Gasteiger partial charge in [-0.05, 0) is 19.3 Å². The Morgan fingerprint density at radius 1 is 1.41 bits per heavy atom. The standard InChI is InChI=1S/C15H26N2O5/c1-4-5-7-11(10(2)13(18)16-21)14(19)17-9-6-8-12(17)15(20)22-3/h10-12,21H,4-9H2,1-3H3,(H,16,18). The molecule has 126 valence electrons. The molecule has 1 aliphatic heterocycles. The van der Waals surface area contributed by atoms with Crippen LogP contribution in [0.4, 0.5) is 0 Å². The molecule has 1 saturated heterocycles. The summed E-state index contributed by atoms with van der Waals surface area (Å²) in [5.41, 5.74) is 1.61. The zero-order valence-electron chi connectivity index (χ0n) is 13.5.